The number of H-pyrrole nitrogens is 1. The quantitative estimate of drug-likeness (QED) is 0.724. The van der Waals surface area contributed by atoms with Gasteiger partial charge in [0.1, 0.15) is 16.7 Å². The molecule has 0 unspecified atom stereocenters. The molecule has 0 saturated heterocycles. The second-order valence-corrected chi connectivity index (χ2v) is 5.60. The number of thiazole rings is 1. The van der Waals surface area contributed by atoms with Crippen LogP contribution in [0.15, 0.2) is 29.1 Å². The van der Waals surface area contributed by atoms with Crippen molar-refractivity contribution in [1.82, 2.24) is 30.6 Å². The number of benzene rings is 1. The van der Waals surface area contributed by atoms with Gasteiger partial charge in [-0.15, -0.1) is 11.3 Å². The number of hydrogen-bond acceptors (Lipinski definition) is 6. The molecule has 2 N–H and O–H groups in total. The van der Waals surface area contributed by atoms with E-state index < -0.39 is 0 Å². The van der Waals surface area contributed by atoms with Gasteiger partial charge >= 0.3 is 0 Å². The van der Waals surface area contributed by atoms with Crippen LogP contribution in [0.3, 0.4) is 0 Å². The van der Waals surface area contributed by atoms with Gasteiger partial charge in [0.05, 0.1) is 5.51 Å². The van der Waals surface area contributed by atoms with Crippen LogP contribution in [-0.2, 0) is 0 Å². The minimum absolute atomic E-state index is 0.162. The number of rotatable bonds is 5. The van der Waals surface area contributed by atoms with E-state index in [-0.39, 0.29) is 11.8 Å². The average Bonchev–Trinajstić information content (AvgIpc) is 3.24. The Morgan fingerprint density at radius 1 is 1.30 bits per heavy atom. The normalized spacial score (nSPS) is 10.7. The SMILES string of the molecule is CN(CCNC(=O)c1ccc2n[nH]nc2c1)C(=O)c1cscn1. The number of hydrogen-bond donors (Lipinski definition) is 2. The van der Waals surface area contributed by atoms with E-state index >= 15 is 0 Å². The highest BCUT2D eigenvalue weighted by atomic mass is 32.1. The Kier molecular flexibility index (Phi) is 4.29. The molecule has 0 aliphatic rings. The van der Waals surface area contributed by atoms with Crippen molar-refractivity contribution in [1.29, 1.82) is 0 Å². The first-order chi connectivity index (χ1) is 11.1. The number of carbonyl (C=O) groups excluding carboxylic acids is 2. The van der Waals surface area contributed by atoms with E-state index in [0.717, 1.165) is 0 Å². The van der Waals surface area contributed by atoms with Gasteiger partial charge < -0.3 is 10.2 Å². The molecule has 0 radical (unpaired) electrons. The number of nitrogens with zero attached hydrogens (tertiary/aromatic N) is 4. The van der Waals surface area contributed by atoms with Crippen molar-refractivity contribution in [3.05, 3.63) is 40.3 Å². The second-order valence-electron chi connectivity index (χ2n) is 4.88. The van der Waals surface area contributed by atoms with Crippen LogP contribution in [0.2, 0.25) is 0 Å². The molecule has 0 bridgehead atoms. The number of carbonyl (C=O) groups is 2. The van der Waals surface area contributed by atoms with Crippen molar-refractivity contribution in [2.75, 3.05) is 20.1 Å². The van der Waals surface area contributed by atoms with Crippen LogP contribution in [-0.4, -0.2) is 57.2 Å². The summed E-state index contributed by atoms with van der Waals surface area (Å²) in [4.78, 5) is 29.6. The van der Waals surface area contributed by atoms with E-state index in [0.29, 0.717) is 35.4 Å². The maximum absolute atomic E-state index is 12.1. The zero-order chi connectivity index (χ0) is 16.2. The van der Waals surface area contributed by atoms with Crippen molar-refractivity contribution in [2.24, 2.45) is 0 Å². The van der Waals surface area contributed by atoms with E-state index in [1.807, 2.05) is 0 Å². The first kappa shape index (κ1) is 15.1. The van der Waals surface area contributed by atoms with Crippen LogP contribution in [0.5, 0.6) is 0 Å². The third kappa shape index (κ3) is 3.34. The fourth-order valence-electron chi connectivity index (χ4n) is 2.04. The summed E-state index contributed by atoms with van der Waals surface area (Å²) in [5, 5.41) is 14.9. The molecular formula is C14H14N6O2S. The fourth-order valence-corrected chi connectivity index (χ4v) is 2.56. The Morgan fingerprint density at radius 3 is 2.91 bits per heavy atom. The zero-order valence-corrected chi connectivity index (χ0v) is 13.1. The van der Waals surface area contributed by atoms with Crippen LogP contribution >= 0.6 is 11.3 Å². The van der Waals surface area contributed by atoms with Gasteiger partial charge in [0, 0.05) is 31.1 Å². The number of aromatic amines is 1. The Morgan fingerprint density at radius 2 is 2.13 bits per heavy atom. The predicted octanol–water partition coefficient (Wildman–Crippen LogP) is 0.916. The van der Waals surface area contributed by atoms with Gasteiger partial charge in [0.15, 0.2) is 0 Å². The standard InChI is InChI=1S/C14H14N6O2S/c1-20(14(22)12-7-23-8-16-12)5-4-15-13(21)9-2-3-10-11(6-9)18-19-17-10/h2-3,6-8H,4-5H2,1H3,(H,15,21)(H,17,18,19). The summed E-state index contributed by atoms with van der Waals surface area (Å²) < 4.78 is 0. The minimum Gasteiger partial charge on any atom is -0.350 e. The molecule has 118 valence electrons. The first-order valence-electron chi connectivity index (χ1n) is 6.87. The topological polar surface area (TPSA) is 104 Å². The molecule has 0 aliphatic carbocycles. The van der Waals surface area contributed by atoms with Gasteiger partial charge in [-0.1, -0.05) is 0 Å². The smallest absolute Gasteiger partial charge is 0.273 e. The summed E-state index contributed by atoms with van der Waals surface area (Å²) in [5.74, 6) is -0.381. The van der Waals surface area contributed by atoms with Crippen molar-refractivity contribution in [2.45, 2.75) is 0 Å². The molecule has 0 aliphatic heterocycles. The van der Waals surface area contributed by atoms with Crippen LogP contribution in [0.1, 0.15) is 20.8 Å². The Balaban J connectivity index is 1.53. The number of aromatic nitrogens is 4. The summed E-state index contributed by atoms with van der Waals surface area (Å²) in [6.45, 7) is 0.746. The minimum atomic E-state index is -0.218. The molecule has 0 saturated carbocycles. The summed E-state index contributed by atoms with van der Waals surface area (Å²) in [5.41, 5.74) is 3.87. The highest BCUT2D eigenvalue weighted by Crippen LogP contribution is 2.10. The lowest BCUT2D eigenvalue weighted by Crippen LogP contribution is -2.36. The molecule has 3 rings (SSSR count). The van der Waals surface area contributed by atoms with Gasteiger partial charge in [-0.2, -0.15) is 15.4 Å². The second kappa shape index (κ2) is 6.53. The first-order valence-corrected chi connectivity index (χ1v) is 7.82. The van der Waals surface area contributed by atoms with E-state index in [1.54, 1.807) is 36.1 Å². The van der Waals surface area contributed by atoms with Gasteiger partial charge in [-0.25, -0.2) is 4.98 Å². The summed E-state index contributed by atoms with van der Waals surface area (Å²) >= 11 is 1.37. The molecule has 2 aromatic heterocycles. The van der Waals surface area contributed by atoms with E-state index in [2.05, 4.69) is 25.7 Å². The largest absolute Gasteiger partial charge is 0.350 e. The number of amides is 2. The lowest BCUT2D eigenvalue weighted by molar-refractivity contribution is 0.0782. The number of nitrogens with one attached hydrogen (secondary N) is 2. The number of likely N-dealkylation sites (N-methyl/N-ethyl adjacent to an activating group) is 1. The van der Waals surface area contributed by atoms with Crippen LogP contribution in [0.4, 0.5) is 0 Å². The van der Waals surface area contributed by atoms with Gasteiger partial charge in [-0.3, -0.25) is 9.59 Å². The van der Waals surface area contributed by atoms with E-state index in [1.165, 1.54) is 16.2 Å². The Hall–Kier alpha value is -2.81. The molecule has 1 aromatic carbocycles. The lowest BCUT2D eigenvalue weighted by atomic mass is 10.2. The van der Waals surface area contributed by atoms with E-state index in [9.17, 15) is 9.59 Å². The van der Waals surface area contributed by atoms with Crippen LogP contribution in [0.25, 0.3) is 11.0 Å². The molecule has 2 amide bonds. The van der Waals surface area contributed by atoms with E-state index in [4.69, 9.17) is 0 Å². The van der Waals surface area contributed by atoms with Crippen LogP contribution in [0, 0.1) is 0 Å². The van der Waals surface area contributed by atoms with Crippen molar-refractivity contribution >= 4 is 34.2 Å². The average molecular weight is 330 g/mol. The Labute approximate surface area is 135 Å². The monoisotopic (exact) mass is 330 g/mol. The van der Waals surface area contributed by atoms with Crippen molar-refractivity contribution < 1.29 is 9.59 Å². The molecule has 0 spiro atoms. The third-order valence-electron chi connectivity index (χ3n) is 3.31. The Bertz CT molecular complexity index is 829. The van der Waals surface area contributed by atoms with Crippen LogP contribution < -0.4 is 5.32 Å². The molecule has 3 aromatic rings. The summed E-state index contributed by atoms with van der Waals surface area (Å²) in [6.07, 6.45) is 0. The number of fused-ring (bicyclic) bond motifs is 1. The summed E-state index contributed by atoms with van der Waals surface area (Å²) in [7, 11) is 1.68. The van der Waals surface area contributed by atoms with Gasteiger partial charge in [-0.05, 0) is 18.2 Å². The van der Waals surface area contributed by atoms with Crippen molar-refractivity contribution in [3.8, 4) is 0 Å². The molecule has 8 nitrogen and oxygen atoms in total. The third-order valence-corrected chi connectivity index (χ3v) is 3.90. The molecular weight excluding hydrogens is 316 g/mol. The fraction of sp³-hybridized carbons (Fsp3) is 0.214. The molecule has 23 heavy (non-hydrogen) atoms. The van der Waals surface area contributed by atoms with Gasteiger partial charge in [0.2, 0.25) is 0 Å². The highest BCUT2D eigenvalue weighted by Gasteiger charge is 2.14. The van der Waals surface area contributed by atoms with Crippen molar-refractivity contribution in [3.63, 3.8) is 0 Å². The molecule has 2 heterocycles. The lowest BCUT2D eigenvalue weighted by Gasteiger charge is -2.16. The maximum atomic E-state index is 12.1. The molecule has 9 heteroatoms. The molecule has 0 atom stereocenters. The molecule has 0 fully saturated rings. The zero-order valence-electron chi connectivity index (χ0n) is 12.3. The maximum Gasteiger partial charge on any atom is 0.273 e. The van der Waals surface area contributed by atoms with Gasteiger partial charge in [0.25, 0.3) is 11.8 Å². The highest BCUT2D eigenvalue weighted by molar-refractivity contribution is 7.07. The predicted molar refractivity (Wildman–Crippen MR) is 85.3 cm³/mol. The summed E-state index contributed by atoms with van der Waals surface area (Å²) in [6, 6.07) is 5.08.